The van der Waals surface area contributed by atoms with Gasteiger partial charge in [0.1, 0.15) is 12.0 Å². The maximum atomic E-state index is 10.4. The second kappa shape index (κ2) is 3.04. The molecule has 1 N–H and O–H groups in total. The van der Waals surface area contributed by atoms with Gasteiger partial charge in [0.2, 0.25) is 0 Å². The van der Waals surface area contributed by atoms with Crippen LogP contribution < -0.4 is 0 Å². The molecule has 0 radical (unpaired) electrons. The Morgan fingerprint density at radius 2 is 2.58 bits per heavy atom. The first-order valence-electron chi connectivity index (χ1n) is 3.08. The number of methoxy groups -OCH3 is 1. The SMILES string of the molecule is C=C(OC)c1[nH]ncc1[N+](=O)[O-]. The van der Waals surface area contributed by atoms with Crippen LogP contribution in [-0.2, 0) is 4.74 Å². The number of nitro groups is 1. The molecule has 6 nitrogen and oxygen atoms in total. The van der Waals surface area contributed by atoms with Crippen molar-refractivity contribution in [2.24, 2.45) is 0 Å². The molecule has 0 saturated carbocycles. The number of aromatic amines is 1. The van der Waals surface area contributed by atoms with Crippen molar-refractivity contribution in [2.45, 2.75) is 0 Å². The van der Waals surface area contributed by atoms with Gasteiger partial charge >= 0.3 is 5.69 Å². The normalized spacial score (nSPS) is 9.42. The Morgan fingerprint density at radius 1 is 1.92 bits per heavy atom. The van der Waals surface area contributed by atoms with Crippen molar-refractivity contribution in [3.63, 3.8) is 0 Å². The van der Waals surface area contributed by atoms with Gasteiger partial charge in [-0.1, -0.05) is 6.58 Å². The van der Waals surface area contributed by atoms with Crippen LogP contribution in [0.3, 0.4) is 0 Å². The van der Waals surface area contributed by atoms with Crippen LogP contribution in [0.2, 0.25) is 0 Å². The third kappa shape index (κ3) is 1.26. The molecule has 0 aliphatic heterocycles. The molecule has 1 heterocycles. The van der Waals surface area contributed by atoms with Crippen molar-refractivity contribution in [1.29, 1.82) is 0 Å². The first-order valence-corrected chi connectivity index (χ1v) is 3.08. The molecule has 0 bridgehead atoms. The van der Waals surface area contributed by atoms with Crippen molar-refractivity contribution < 1.29 is 9.66 Å². The zero-order valence-electron chi connectivity index (χ0n) is 6.40. The number of ether oxygens (including phenoxy) is 1. The summed E-state index contributed by atoms with van der Waals surface area (Å²) >= 11 is 0. The summed E-state index contributed by atoms with van der Waals surface area (Å²) in [6, 6.07) is 0. The largest absolute Gasteiger partial charge is 0.495 e. The molecule has 0 aliphatic carbocycles. The zero-order valence-corrected chi connectivity index (χ0v) is 6.40. The Balaban J connectivity index is 3.07. The molecule has 0 atom stereocenters. The predicted molar refractivity (Wildman–Crippen MR) is 41.3 cm³/mol. The van der Waals surface area contributed by atoms with Gasteiger partial charge in [0, 0.05) is 0 Å². The lowest BCUT2D eigenvalue weighted by atomic mass is 10.3. The second-order valence-electron chi connectivity index (χ2n) is 2.01. The minimum absolute atomic E-state index is 0.137. The van der Waals surface area contributed by atoms with Crippen LogP contribution in [0, 0.1) is 10.1 Å². The summed E-state index contributed by atoms with van der Waals surface area (Å²) in [5.74, 6) is 0.194. The number of hydrogen-bond donors (Lipinski definition) is 1. The van der Waals surface area contributed by atoms with E-state index in [1.165, 1.54) is 7.11 Å². The lowest BCUT2D eigenvalue weighted by Crippen LogP contribution is -1.93. The molecule has 1 rings (SSSR count). The van der Waals surface area contributed by atoms with Crippen molar-refractivity contribution in [3.05, 3.63) is 28.6 Å². The van der Waals surface area contributed by atoms with Crippen LogP contribution in [-0.4, -0.2) is 22.2 Å². The number of H-pyrrole nitrogens is 1. The van der Waals surface area contributed by atoms with E-state index >= 15 is 0 Å². The minimum Gasteiger partial charge on any atom is -0.495 e. The van der Waals surface area contributed by atoms with Gasteiger partial charge in [0.05, 0.1) is 12.0 Å². The van der Waals surface area contributed by atoms with Crippen molar-refractivity contribution in [2.75, 3.05) is 7.11 Å². The van der Waals surface area contributed by atoms with Gasteiger partial charge in [-0.05, 0) is 0 Å². The Hall–Kier alpha value is -1.85. The molecule has 0 aliphatic rings. The summed E-state index contributed by atoms with van der Waals surface area (Å²) in [6.07, 6.45) is 1.11. The van der Waals surface area contributed by atoms with E-state index in [9.17, 15) is 10.1 Å². The molecule has 0 fully saturated rings. The summed E-state index contributed by atoms with van der Waals surface area (Å²) in [7, 11) is 1.38. The van der Waals surface area contributed by atoms with E-state index in [0.29, 0.717) is 0 Å². The van der Waals surface area contributed by atoms with E-state index in [1.807, 2.05) is 0 Å². The number of nitrogens with zero attached hydrogens (tertiary/aromatic N) is 2. The number of aromatic nitrogens is 2. The molecule has 12 heavy (non-hydrogen) atoms. The van der Waals surface area contributed by atoms with Crippen molar-refractivity contribution in [3.8, 4) is 0 Å². The molecule has 1 aromatic rings. The van der Waals surface area contributed by atoms with Gasteiger partial charge in [-0.15, -0.1) is 0 Å². The fraction of sp³-hybridized carbons (Fsp3) is 0.167. The van der Waals surface area contributed by atoms with Crippen LogP contribution in [0.5, 0.6) is 0 Å². The lowest BCUT2D eigenvalue weighted by Gasteiger charge is -1.98. The van der Waals surface area contributed by atoms with Crippen LogP contribution in [0.1, 0.15) is 5.69 Å². The number of hydrogen-bond acceptors (Lipinski definition) is 4. The van der Waals surface area contributed by atoms with E-state index in [-0.39, 0.29) is 17.1 Å². The molecule has 0 aromatic carbocycles. The van der Waals surface area contributed by atoms with E-state index in [0.717, 1.165) is 6.20 Å². The van der Waals surface area contributed by atoms with E-state index < -0.39 is 4.92 Å². The first-order chi connectivity index (χ1) is 5.66. The molecule has 1 aromatic heterocycles. The van der Waals surface area contributed by atoms with Gasteiger partial charge < -0.3 is 4.74 Å². The molecule has 0 amide bonds. The maximum Gasteiger partial charge on any atom is 0.317 e. The van der Waals surface area contributed by atoms with E-state index in [2.05, 4.69) is 16.8 Å². The number of nitrogens with one attached hydrogen (secondary N) is 1. The Morgan fingerprint density at radius 3 is 3.08 bits per heavy atom. The van der Waals surface area contributed by atoms with Crippen LogP contribution in [0.25, 0.3) is 5.76 Å². The average molecular weight is 169 g/mol. The topological polar surface area (TPSA) is 81.0 Å². The smallest absolute Gasteiger partial charge is 0.317 e. The summed E-state index contributed by atoms with van der Waals surface area (Å²) in [5.41, 5.74) is 0.0596. The average Bonchev–Trinajstić information content (AvgIpc) is 2.50. The third-order valence-electron chi connectivity index (χ3n) is 1.34. The summed E-state index contributed by atoms with van der Waals surface area (Å²) in [6.45, 7) is 3.46. The Labute approximate surface area is 68.0 Å². The fourth-order valence-electron chi connectivity index (χ4n) is 0.725. The van der Waals surface area contributed by atoms with Crippen LogP contribution in [0.15, 0.2) is 12.8 Å². The summed E-state index contributed by atoms with van der Waals surface area (Å²) in [4.78, 5) is 9.80. The highest BCUT2D eigenvalue weighted by Gasteiger charge is 2.18. The number of rotatable bonds is 3. The lowest BCUT2D eigenvalue weighted by molar-refractivity contribution is -0.385. The van der Waals surface area contributed by atoms with E-state index in [1.54, 1.807) is 0 Å². The van der Waals surface area contributed by atoms with Crippen LogP contribution in [0.4, 0.5) is 5.69 Å². The van der Waals surface area contributed by atoms with E-state index in [4.69, 9.17) is 4.74 Å². The molecular weight excluding hydrogens is 162 g/mol. The third-order valence-corrected chi connectivity index (χ3v) is 1.34. The van der Waals surface area contributed by atoms with Crippen LogP contribution >= 0.6 is 0 Å². The summed E-state index contributed by atoms with van der Waals surface area (Å²) < 4.78 is 4.72. The monoisotopic (exact) mass is 169 g/mol. The van der Waals surface area contributed by atoms with Gasteiger partial charge in [0.15, 0.2) is 5.69 Å². The zero-order chi connectivity index (χ0) is 9.14. The molecule has 0 unspecified atom stereocenters. The highest BCUT2D eigenvalue weighted by atomic mass is 16.6. The quantitative estimate of drug-likeness (QED) is 0.414. The second-order valence-corrected chi connectivity index (χ2v) is 2.01. The Kier molecular flexibility index (Phi) is 2.09. The van der Waals surface area contributed by atoms with Gasteiger partial charge in [-0.25, -0.2) is 0 Å². The molecule has 64 valence electrons. The highest BCUT2D eigenvalue weighted by molar-refractivity contribution is 5.62. The fourth-order valence-corrected chi connectivity index (χ4v) is 0.725. The van der Waals surface area contributed by atoms with Crippen molar-refractivity contribution in [1.82, 2.24) is 10.2 Å². The predicted octanol–water partition coefficient (Wildman–Crippen LogP) is 0.935. The van der Waals surface area contributed by atoms with Crippen molar-refractivity contribution >= 4 is 11.4 Å². The molecular formula is C6H7N3O3. The molecule has 0 saturated heterocycles. The molecule has 0 spiro atoms. The van der Waals surface area contributed by atoms with Gasteiger partial charge in [-0.2, -0.15) is 5.10 Å². The standard InChI is InChI=1S/C6H7N3O3/c1-4(12-2)6-5(9(10)11)3-7-8-6/h3H,1H2,2H3,(H,7,8). The maximum absolute atomic E-state index is 10.4. The first kappa shape index (κ1) is 8.25. The summed E-state index contributed by atoms with van der Waals surface area (Å²) in [5, 5.41) is 16.3. The van der Waals surface area contributed by atoms with Gasteiger partial charge in [-0.3, -0.25) is 15.2 Å². The Bertz CT molecular complexity index is 318. The molecule has 6 heteroatoms. The van der Waals surface area contributed by atoms with Gasteiger partial charge in [0.25, 0.3) is 0 Å². The minimum atomic E-state index is -0.553. The highest BCUT2D eigenvalue weighted by Crippen LogP contribution is 2.21.